The van der Waals surface area contributed by atoms with Gasteiger partial charge >= 0.3 is 0 Å². The molecule has 0 radical (unpaired) electrons. The molecule has 1 aliphatic rings. The third-order valence-corrected chi connectivity index (χ3v) is 3.88. The van der Waals surface area contributed by atoms with Gasteiger partial charge in [0.2, 0.25) is 0 Å². The Morgan fingerprint density at radius 2 is 1.90 bits per heavy atom. The normalized spacial score (nSPS) is 14.5. The number of nitrogens with zero attached hydrogens (tertiary/aromatic N) is 2. The molecule has 0 atom stereocenters. The molecule has 1 aromatic heterocycles. The zero-order valence-electron chi connectivity index (χ0n) is 11.6. The van der Waals surface area contributed by atoms with Gasteiger partial charge < -0.3 is 9.88 Å². The van der Waals surface area contributed by atoms with Crippen LogP contribution in [0.25, 0.3) is 11.0 Å². The molecule has 0 spiro atoms. The Morgan fingerprint density at radius 1 is 1.10 bits per heavy atom. The van der Waals surface area contributed by atoms with Crippen LogP contribution < -0.4 is 5.32 Å². The highest BCUT2D eigenvalue weighted by Gasteiger charge is 2.28. The summed E-state index contributed by atoms with van der Waals surface area (Å²) in [5, 5.41) is 3.36. The highest BCUT2D eigenvalue weighted by atomic mass is 19.1. The predicted molar refractivity (Wildman–Crippen MR) is 81.7 cm³/mol. The van der Waals surface area contributed by atoms with Gasteiger partial charge in [-0.3, -0.25) is 0 Å². The summed E-state index contributed by atoms with van der Waals surface area (Å²) in [6, 6.07) is 15.7. The highest BCUT2D eigenvalue weighted by Crippen LogP contribution is 2.39. The summed E-state index contributed by atoms with van der Waals surface area (Å²) in [5.74, 6) is 0.661. The van der Waals surface area contributed by atoms with Crippen molar-refractivity contribution in [2.45, 2.75) is 25.4 Å². The van der Waals surface area contributed by atoms with Crippen LogP contribution in [-0.4, -0.2) is 9.55 Å². The Labute approximate surface area is 122 Å². The molecule has 4 rings (SSSR count). The van der Waals surface area contributed by atoms with Crippen molar-refractivity contribution in [3.8, 4) is 0 Å². The van der Waals surface area contributed by atoms with E-state index in [-0.39, 0.29) is 5.82 Å². The van der Waals surface area contributed by atoms with Crippen LogP contribution in [0.3, 0.4) is 0 Å². The van der Waals surface area contributed by atoms with E-state index >= 15 is 0 Å². The second kappa shape index (κ2) is 4.88. The van der Waals surface area contributed by atoms with Crippen molar-refractivity contribution in [3.05, 3.63) is 60.2 Å². The zero-order chi connectivity index (χ0) is 14.2. The van der Waals surface area contributed by atoms with Gasteiger partial charge in [0.1, 0.15) is 11.3 Å². The molecule has 0 bridgehead atoms. The monoisotopic (exact) mass is 281 g/mol. The van der Waals surface area contributed by atoms with E-state index in [1.807, 2.05) is 36.4 Å². The lowest BCUT2D eigenvalue weighted by Gasteiger charge is -2.09. The van der Waals surface area contributed by atoms with Gasteiger partial charge in [-0.05, 0) is 37.1 Å². The van der Waals surface area contributed by atoms with Crippen LogP contribution in [-0.2, 0) is 6.54 Å². The van der Waals surface area contributed by atoms with Crippen molar-refractivity contribution in [1.29, 1.82) is 0 Å². The fourth-order valence-corrected chi connectivity index (χ4v) is 2.73. The Kier molecular flexibility index (Phi) is 2.88. The summed E-state index contributed by atoms with van der Waals surface area (Å²) >= 11 is 0. The maximum absolute atomic E-state index is 13.9. The Bertz CT molecular complexity index is 775. The van der Waals surface area contributed by atoms with Crippen LogP contribution in [0.2, 0.25) is 0 Å². The van der Waals surface area contributed by atoms with E-state index in [0.717, 1.165) is 29.9 Å². The molecule has 1 fully saturated rings. The van der Waals surface area contributed by atoms with Crippen LogP contribution in [0.1, 0.15) is 24.7 Å². The second-order valence-electron chi connectivity index (χ2n) is 5.46. The fourth-order valence-electron chi connectivity index (χ4n) is 2.73. The molecule has 1 heterocycles. The SMILES string of the molecule is Fc1cccc2c1nc(CNc1ccccc1)n2C1CC1. The average Bonchev–Trinajstić information content (AvgIpc) is 3.27. The third kappa shape index (κ3) is 2.27. The molecule has 0 aliphatic heterocycles. The van der Waals surface area contributed by atoms with Crippen LogP contribution >= 0.6 is 0 Å². The highest BCUT2D eigenvalue weighted by molar-refractivity contribution is 5.77. The first-order valence-corrected chi connectivity index (χ1v) is 7.27. The molecule has 3 nitrogen and oxygen atoms in total. The molecule has 3 aromatic rings. The van der Waals surface area contributed by atoms with Crippen molar-refractivity contribution in [3.63, 3.8) is 0 Å². The van der Waals surface area contributed by atoms with Crippen molar-refractivity contribution in [2.75, 3.05) is 5.32 Å². The molecule has 1 N–H and O–H groups in total. The van der Waals surface area contributed by atoms with Crippen molar-refractivity contribution < 1.29 is 4.39 Å². The minimum atomic E-state index is -0.243. The maximum atomic E-state index is 13.9. The van der Waals surface area contributed by atoms with E-state index in [9.17, 15) is 4.39 Å². The summed E-state index contributed by atoms with van der Waals surface area (Å²) in [6.07, 6.45) is 2.31. The van der Waals surface area contributed by atoms with E-state index in [0.29, 0.717) is 18.1 Å². The van der Waals surface area contributed by atoms with Gasteiger partial charge in [-0.2, -0.15) is 0 Å². The van der Waals surface area contributed by atoms with E-state index in [2.05, 4.69) is 14.9 Å². The molecule has 106 valence electrons. The molecule has 2 aromatic carbocycles. The molecule has 1 aliphatic carbocycles. The van der Waals surface area contributed by atoms with E-state index < -0.39 is 0 Å². The zero-order valence-corrected chi connectivity index (χ0v) is 11.6. The minimum absolute atomic E-state index is 0.243. The molecule has 0 unspecified atom stereocenters. The van der Waals surface area contributed by atoms with Gasteiger partial charge in [-0.25, -0.2) is 9.37 Å². The first kappa shape index (κ1) is 12.4. The summed E-state index contributed by atoms with van der Waals surface area (Å²) in [4.78, 5) is 4.51. The number of anilines is 1. The number of halogens is 1. The molecule has 4 heteroatoms. The van der Waals surface area contributed by atoms with E-state index in [4.69, 9.17) is 0 Å². The number of para-hydroxylation sites is 2. The first-order chi connectivity index (χ1) is 10.3. The summed E-state index contributed by atoms with van der Waals surface area (Å²) in [6.45, 7) is 0.606. The number of hydrogen-bond acceptors (Lipinski definition) is 2. The smallest absolute Gasteiger partial charge is 0.151 e. The number of rotatable bonds is 4. The maximum Gasteiger partial charge on any atom is 0.151 e. The number of fused-ring (bicyclic) bond motifs is 1. The van der Waals surface area contributed by atoms with E-state index in [1.54, 1.807) is 6.07 Å². The number of nitrogens with one attached hydrogen (secondary N) is 1. The largest absolute Gasteiger partial charge is 0.378 e. The van der Waals surface area contributed by atoms with Crippen molar-refractivity contribution >= 4 is 16.7 Å². The van der Waals surface area contributed by atoms with Gasteiger partial charge in [0.05, 0.1) is 12.1 Å². The van der Waals surface area contributed by atoms with Crippen molar-refractivity contribution in [2.24, 2.45) is 0 Å². The van der Waals surface area contributed by atoms with Gasteiger partial charge in [-0.15, -0.1) is 0 Å². The van der Waals surface area contributed by atoms with Gasteiger partial charge in [0.25, 0.3) is 0 Å². The minimum Gasteiger partial charge on any atom is -0.378 e. The molecule has 0 amide bonds. The van der Waals surface area contributed by atoms with Gasteiger partial charge in [0, 0.05) is 11.7 Å². The van der Waals surface area contributed by atoms with Crippen LogP contribution in [0.4, 0.5) is 10.1 Å². The molecule has 21 heavy (non-hydrogen) atoms. The lowest BCUT2D eigenvalue weighted by atomic mass is 10.3. The molecule has 0 saturated heterocycles. The average molecular weight is 281 g/mol. The Morgan fingerprint density at radius 3 is 2.67 bits per heavy atom. The molecular weight excluding hydrogens is 265 g/mol. The van der Waals surface area contributed by atoms with Crippen molar-refractivity contribution in [1.82, 2.24) is 9.55 Å². The quantitative estimate of drug-likeness (QED) is 0.779. The molecule has 1 saturated carbocycles. The summed E-state index contributed by atoms with van der Waals surface area (Å²) in [5.41, 5.74) is 2.43. The third-order valence-electron chi connectivity index (χ3n) is 3.88. The number of hydrogen-bond donors (Lipinski definition) is 1. The lowest BCUT2D eigenvalue weighted by molar-refractivity contribution is 0.637. The van der Waals surface area contributed by atoms with Gasteiger partial charge in [-0.1, -0.05) is 24.3 Å². The Balaban J connectivity index is 1.71. The summed E-state index contributed by atoms with van der Waals surface area (Å²) < 4.78 is 16.1. The first-order valence-electron chi connectivity index (χ1n) is 7.27. The second-order valence-corrected chi connectivity index (χ2v) is 5.46. The lowest BCUT2D eigenvalue weighted by Crippen LogP contribution is -2.07. The molecular formula is C17H16FN3. The fraction of sp³-hybridized carbons (Fsp3) is 0.235. The van der Waals surface area contributed by atoms with E-state index in [1.165, 1.54) is 6.07 Å². The number of imidazole rings is 1. The predicted octanol–water partition coefficient (Wildman–Crippen LogP) is 4.12. The summed E-state index contributed by atoms with van der Waals surface area (Å²) in [7, 11) is 0. The number of aromatic nitrogens is 2. The topological polar surface area (TPSA) is 29.9 Å². The van der Waals surface area contributed by atoms with Crippen LogP contribution in [0.15, 0.2) is 48.5 Å². The van der Waals surface area contributed by atoms with Crippen LogP contribution in [0, 0.1) is 5.82 Å². The number of benzene rings is 2. The van der Waals surface area contributed by atoms with Crippen LogP contribution in [0.5, 0.6) is 0 Å². The standard InChI is InChI=1S/C17H16FN3/c18-14-7-4-8-15-17(14)20-16(21(15)13-9-10-13)11-19-12-5-2-1-3-6-12/h1-8,13,19H,9-11H2. The Hall–Kier alpha value is -2.36. The van der Waals surface area contributed by atoms with Gasteiger partial charge in [0.15, 0.2) is 5.82 Å².